The van der Waals surface area contributed by atoms with Gasteiger partial charge in [-0.15, -0.1) is 13.2 Å². The molecule has 0 aliphatic rings. The number of hydrogen-bond acceptors (Lipinski definition) is 3. The maximum Gasteiger partial charge on any atom is 0.573 e. The van der Waals surface area contributed by atoms with Gasteiger partial charge >= 0.3 is 12.3 Å². The smallest absolute Gasteiger partial charge is 0.488 e. The molecule has 0 aromatic heterocycles. The first-order valence-corrected chi connectivity index (χ1v) is 8.22. The Morgan fingerprint density at radius 1 is 0.929 bits per heavy atom. The molecule has 0 atom stereocenters. The third-order valence-corrected chi connectivity index (χ3v) is 3.87. The molecule has 0 aliphatic carbocycles. The summed E-state index contributed by atoms with van der Waals surface area (Å²) in [5.41, 5.74) is 2.07. The number of benzene rings is 3. The lowest BCUT2D eigenvalue weighted by atomic mass is 10.0. The van der Waals surface area contributed by atoms with Gasteiger partial charge < -0.3 is 14.6 Å². The first-order chi connectivity index (χ1) is 13.3. The summed E-state index contributed by atoms with van der Waals surface area (Å²) in [5, 5.41) is 9.01. The van der Waals surface area contributed by atoms with E-state index in [2.05, 4.69) is 4.74 Å². The van der Waals surface area contributed by atoms with E-state index in [9.17, 15) is 18.0 Å². The molecule has 3 aromatic carbocycles. The lowest BCUT2D eigenvalue weighted by Crippen LogP contribution is -2.17. The number of carbonyl (C=O) groups is 1. The highest BCUT2D eigenvalue weighted by atomic mass is 19.4. The van der Waals surface area contributed by atoms with Crippen molar-refractivity contribution in [1.82, 2.24) is 0 Å². The van der Waals surface area contributed by atoms with E-state index < -0.39 is 18.1 Å². The number of ether oxygens (including phenoxy) is 2. The molecule has 0 aliphatic heterocycles. The largest absolute Gasteiger partial charge is 0.573 e. The second kappa shape index (κ2) is 8.04. The molecular formula is C21H15F3O4. The van der Waals surface area contributed by atoms with Crippen LogP contribution in [0.2, 0.25) is 0 Å². The van der Waals surface area contributed by atoms with Crippen molar-refractivity contribution in [3.05, 3.63) is 83.9 Å². The van der Waals surface area contributed by atoms with Crippen LogP contribution < -0.4 is 9.47 Å². The van der Waals surface area contributed by atoms with Crippen molar-refractivity contribution in [2.75, 3.05) is 0 Å². The van der Waals surface area contributed by atoms with Gasteiger partial charge in [0.2, 0.25) is 0 Å². The Kier molecular flexibility index (Phi) is 5.54. The summed E-state index contributed by atoms with van der Waals surface area (Å²) in [6, 6.07) is 18.9. The van der Waals surface area contributed by atoms with Crippen molar-refractivity contribution >= 4 is 5.97 Å². The highest BCUT2D eigenvalue weighted by Crippen LogP contribution is 2.36. The second-order valence-electron chi connectivity index (χ2n) is 5.86. The highest BCUT2D eigenvalue weighted by Gasteiger charge is 2.31. The van der Waals surface area contributed by atoms with E-state index >= 15 is 0 Å². The molecule has 3 aromatic rings. The van der Waals surface area contributed by atoms with Crippen LogP contribution in [0, 0.1) is 0 Å². The van der Waals surface area contributed by atoms with Gasteiger partial charge in [-0.1, -0.05) is 42.5 Å². The quantitative estimate of drug-likeness (QED) is 0.603. The maximum absolute atomic E-state index is 12.5. The fourth-order valence-electron chi connectivity index (χ4n) is 2.59. The lowest BCUT2D eigenvalue weighted by Gasteiger charge is -2.15. The Morgan fingerprint density at radius 2 is 1.61 bits per heavy atom. The van der Waals surface area contributed by atoms with Gasteiger partial charge in [0.15, 0.2) is 0 Å². The maximum atomic E-state index is 12.5. The first kappa shape index (κ1) is 19.3. The number of rotatable bonds is 6. The monoisotopic (exact) mass is 388 g/mol. The fourth-order valence-corrected chi connectivity index (χ4v) is 2.59. The zero-order chi connectivity index (χ0) is 20.1. The van der Waals surface area contributed by atoms with E-state index in [-0.39, 0.29) is 17.9 Å². The minimum Gasteiger partial charge on any atom is -0.488 e. The van der Waals surface area contributed by atoms with Gasteiger partial charge in [-0.25, -0.2) is 4.79 Å². The third-order valence-electron chi connectivity index (χ3n) is 3.87. The van der Waals surface area contributed by atoms with Crippen LogP contribution in [-0.4, -0.2) is 17.4 Å². The number of carboxylic acid groups (broad SMARTS) is 1. The average Bonchev–Trinajstić information content (AvgIpc) is 2.66. The van der Waals surface area contributed by atoms with Crippen molar-refractivity contribution in [1.29, 1.82) is 0 Å². The van der Waals surface area contributed by atoms with E-state index in [0.29, 0.717) is 11.1 Å². The van der Waals surface area contributed by atoms with Crippen molar-refractivity contribution in [2.24, 2.45) is 0 Å². The summed E-state index contributed by atoms with van der Waals surface area (Å²) >= 11 is 0. The topological polar surface area (TPSA) is 55.8 Å². The third kappa shape index (κ3) is 5.03. The SMILES string of the molecule is O=C(O)c1ccc(-c2ccc(OC(F)(F)F)cc2OCc2ccccc2)cc1. The molecule has 0 heterocycles. The van der Waals surface area contributed by atoms with Crippen LogP contribution in [-0.2, 0) is 6.61 Å². The molecule has 0 amide bonds. The van der Waals surface area contributed by atoms with Crippen LogP contribution in [0.4, 0.5) is 13.2 Å². The van der Waals surface area contributed by atoms with Crippen molar-refractivity contribution in [2.45, 2.75) is 13.0 Å². The minimum absolute atomic E-state index is 0.104. The van der Waals surface area contributed by atoms with Crippen molar-refractivity contribution in [3.8, 4) is 22.6 Å². The van der Waals surface area contributed by atoms with E-state index in [1.54, 1.807) is 12.1 Å². The number of carboxylic acids is 1. The van der Waals surface area contributed by atoms with Gasteiger partial charge in [0.25, 0.3) is 0 Å². The Bertz CT molecular complexity index is 952. The van der Waals surface area contributed by atoms with Crippen LogP contribution in [0.5, 0.6) is 11.5 Å². The number of halogens is 3. The van der Waals surface area contributed by atoms with E-state index in [4.69, 9.17) is 9.84 Å². The van der Waals surface area contributed by atoms with Gasteiger partial charge in [0, 0.05) is 11.6 Å². The molecule has 0 fully saturated rings. The van der Waals surface area contributed by atoms with Crippen molar-refractivity contribution < 1.29 is 32.5 Å². The number of alkyl halides is 3. The Morgan fingerprint density at radius 3 is 2.21 bits per heavy atom. The summed E-state index contributed by atoms with van der Waals surface area (Å²) in [7, 11) is 0. The molecule has 4 nitrogen and oxygen atoms in total. The molecule has 0 spiro atoms. The summed E-state index contributed by atoms with van der Waals surface area (Å²) in [6.07, 6.45) is -4.82. The van der Waals surface area contributed by atoms with Crippen molar-refractivity contribution in [3.63, 3.8) is 0 Å². The van der Waals surface area contributed by atoms with Gasteiger partial charge in [-0.3, -0.25) is 0 Å². The fraction of sp³-hybridized carbons (Fsp3) is 0.0952. The lowest BCUT2D eigenvalue weighted by molar-refractivity contribution is -0.274. The Balaban J connectivity index is 1.93. The zero-order valence-corrected chi connectivity index (χ0v) is 14.4. The predicted octanol–water partition coefficient (Wildman–Crippen LogP) is 5.53. The van der Waals surface area contributed by atoms with Crippen LogP contribution in [0.3, 0.4) is 0 Å². The standard InChI is InChI=1S/C21H15F3O4/c22-21(23,24)28-17-10-11-18(15-6-8-16(9-7-15)20(25)26)19(12-17)27-13-14-4-2-1-3-5-14/h1-12H,13H2,(H,25,26). The normalized spacial score (nSPS) is 11.1. The summed E-state index contributed by atoms with van der Waals surface area (Å²) < 4.78 is 47.4. The molecule has 28 heavy (non-hydrogen) atoms. The molecule has 0 unspecified atom stereocenters. The molecule has 1 N–H and O–H groups in total. The van der Waals surface area contributed by atoms with E-state index in [1.807, 2.05) is 30.3 Å². The van der Waals surface area contributed by atoms with E-state index in [1.165, 1.54) is 24.3 Å². The second-order valence-corrected chi connectivity index (χ2v) is 5.86. The molecule has 0 saturated heterocycles. The van der Waals surface area contributed by atoms with Crippen LogP contribution in [0.1, 0.15) is 15.9 Å². The van der Waals surface area contributed by atoms with Crippen LogP contribution in [0.15, 0.2) is 72.8 Å². The minimum atomic E-state index is -4.82. The zero-order valence-electron chi connectivity index (χ0n) is 14.4. The van der Waals surface area contributed by atoms with Gasteiger partial charge in [0.05, 0.1) is 5.56 Å². The molecule has 0 radical (unpaired) electrons. The first-order valence-electron chi connectivity index (χ1n) is 8.22. The molecule has 144 valence electrons. The van der Waals surface area contributed by atoms with E-state index in [0.717, 1.165) is 11.6 Å². The van der Waals surface area contributed by atoms with Gasteiger partial charge in [-0.05, 0) is 35.4 Å². The molecule has 0 saturated carbocycles. The summed E-state index contributed by atoms with van der Waals surface area (Å²) in [5.74, 6) is -1.28. The molecule has 0 bridgehead atoms. The Hall–Kier alpha value is -3.48. The summed E-state index contributed by atoms with van der Waals surface area (Å²) in [4.78, 5) is 11.0. The molecule has 7 heteroatoms. The van der Waals surface area contributed by atoms with Gasteiger partial charge in [0.1, 0.15) is 18.1 Å². The van der Waals surface area contributed by atoms with Crippen LogP contribution >= 0.6 is 0 Å². The predicted molar refractivity (Wildman–Crippen MR) is 96.3 cm³/mol. The average molecular weight is 388 g/mol. The molecule has 3 rings (SSSR count). The number of aromatic carboxylic acids is 1. The summed E-state index contributed by atoms with van der Waals surface area (Å²) in [6.45, 7) is 0.149. The number of hydrogen-bond donors (Lipinski definition) is 1. The molecular weight excluding hydrogens is 373 g/mol. The van der Waals surface area contributed by atoms with Crippen LogP contribution in [0.25, 0.3) is 11.1 Å². The highest BCUT2D eigenvalue weighted by molar-refractivity contribution is 5.88. The van der Waals surface area contributed by atoms with Gasteiger partial charge in [-0.2, -0.15) is 0 Å². The Labute approximate surface area is 158 Å².